The fourth-order valence-electron chi connectivity index (χ4n) is 6.06. The van der Waals surface area contributed by atoms with E-state index in [0.29, 0.717) is 51.0 Å². The van der Waals surface area contributed by atoms with Gasteiger partial charge >= 0.3 is 11.9 Å². The van der Waals surface area contributed by atoms with Crippen molar-refractivity contribution in [1.29, 1.82) is 0 Å². The van der Waals surface area contributed by atoms with E-state index in [1.807, 2.05) is 19.1 Å². The van der Waals surface area contributed by atoms with Crippen LogP contribution in [-0.4, -0.2) is 79.0 Å². The van der Waals surface area contributed by atoms with Crippen molar-refractivity contribution in [2.75, 3.05) is 38.2 Å². The number of carbonyl (C=O) groups is 5. The average Bonchev–Trinajstić information content (AvgIpc) is 3.40. The Balaban J connectivity index is 1.78. The van der Waals surface area contributed by atoms with E-state index in [-0.39, 0.29) is 31.2 Å². The third kappa shape index (κ3) is 8.06. The van der Waals surface area contributed by atoms with Crippen molar-refractivity contribution in [1.82, 2.24) is 10.2 Å². The quantitative estimate of drug-likeness (QED) is 0.226. The minimum Gasteiger partial charge on any atom is -0.481 e. The van der Waals surface area contributed by atoms with Crippen LogP contribution in [0, 0.1) is 11.3 Å². The lowest BCUT2D eigenvalue weighted by Crippen LogP contribution is -2.53. The summed E-state index contributed by atoms with van der Waals surface area (Å²) in [6.45, 7) is 3.07. The van der Waals surface area contributed by atoms with Gasteiger partial charge < -0.3 is 25.8 Å². The number of aliphatic carboxylic acids is 1. The number of methoxy groups -OCH3 is 1. The lowest BCUT2D eigenvalue weighted by Gasteiger charge is -2.33. The van der Waals surface area contributed by atoms with Crippen molar-refractivity contribution in [2.24, 2.45) is 17.1 Å². The Morgan fingerprint density at radius 2 is 1.90 bits per heavy atom. The highest BCUT2D eigenvalue weighted by Crippen LogP contribution is 2.44. The molecule has 0 aromatic heterocycles. The maximum Gasteiger partial charge on any atom is 0.325 e. The molecular weight excluding hydrogens is 528 g/mol. The summed E-state index contributed by atoms with van der Waals surface area (Å²) >= 11 is 0. The average molecular weight is 573 g/mol. The molecule has 1 aliphatic heterocycles. The molecular formula is C30H44N4O7. The zero-order chi connectivity index (χ0) is 30.0. The Hall–Kier alpha value is -3.47. The third-order valence-electron chi connectivity index (χ3n) is 8.44. The van der Waals surface area contributed by atoms with E-state index in [9.17, 15) is 29.1 Å². The van der Waals surface area contributed by atoms with Gasteiger partial charge in [-0.25, -0.2) is 0 Å². The number of carbonyl (C=O) groups excluding carboxylic acids is 4. The summed E-state index contributed by atoms with van der Waals surface area (Å²) in [4.78, 5) is 68.0. The maximum atomic E-state index is 13.9. The number of hydrogen-bond donors (Lipinski definition) is 3. The first-order valence-electron chi connectivity index (χ1n) is 14.6. The fourth-order valence-corrected chi connectivity index (χ4v) is 6.06. The highest BCUT2D eigenvalue weighted by Gasteiger charge is 2.46. The lowest BCUT2D eigenvalue weighted by atomic mass is 9.75. The highest BCUT2D eigenvalue weighted by molar-refractivity contribution is 6.03. The SMILES string of the molecule is CCN(CCCCN)C(=O)CC(CC1(C(=O)NC2CCc3ccccc3N(CC(=O)OC)C2=O)CCCC1)C(=O)O. The molecule has 226 valence electrons. The Morgan fingerprint density at radius 1 is 1.20 bits per heavy atom. The van der Waals surface area contributed by atoms with Crippen LogP contribution in [0.3, 0.4) is 0 Å². The van der Waals surface area contributed by atoms with Crippen molar-refractivity contribution >= 4 is 35.3 Å². The summed E-state index contributed by atoms with van der Waals surface area (Å²) in [5.74, 6) is -3.75. The molecule has 0 spiro atoms. The molecule has 2 unspecified atom stereocenters. The van der Waals surface area contributed by atoms with Crippen LogP contribution in [0.4, 0.5) is 5.69 Å². The van der Waals surface area contributed by atoms with E-state index < -0.39 is 35.2 Å². The Kier molecular flexibility index (Phi) is 11.7. The van der Waals surface area contributed by atoms with Gasteiger partial charge in [-0.15, -0.1) is 0 Å². The van der Waals surface area contributed by atoms with Gasteiger partial charge in [0.1, 0.15) is 12.6 Å². The number of unbranched alkanes of at least 4 members (excludes halogenated alkanes) is 1. The molecule has 1 saturated carbocycles. The van der Waals surface area contributed by atoms with Crippen LogP contribution in [0.1, 0.15) is 70.3 Å². The zero-order valence-corrected chi connectivity index (χ0v) is 24.2. The number of rotatable bonds is 14. The number of hydrogen-bond acceptors (Lipinski definition) is 7. The van der Waals surface area contributed by atoms with Crippen LogP contribution in [0.25, 0.3) is 0 Å². The molecule has 2 atom stereocenters. The van der Waals surface area contributed by atoms with Gasteiger partial charge in [0, 0.05) is 25.2 Å². The van der Waals surface area contributed by atoms with Gasteiger partial charge in [0.2, 0.25) is 17.7 Å². The second-order valence-electron chi connectivity index (χ2n) is 11.1. The lowest BCUT2D eigenvalue weighted by molar-refractivity contribution is -0.149. The van der Waals surface area contributed by atoms with Crippen LogP contribution in [0.5, 0.6) is 0 Å². The van der Waals surface area contributed by atoms with Crippen LogP contribution in [-0.2, 0) is 35.1 Å². The zero-order valence-electron chi connectivity index (χ0n) is 24.2. The molecule has 0 bridgehead atoms. The number of para-hydroxylation sites is 1. The maximum absolute atomic E-state index is 13.9. The Bertz CT molecular complexity index is 1100. The molecule has 1 aliphatic carbocycles. The molecule has 3 amide bonds. The van der Waals surface area contributed by atoms with Gasteiger partial charge in [0.05, 0.1) is 18.4 Å². The van der Waals surface area contributed by atoms with Crippen molar-refractivity contribution in [2.45, 2.75) is 77.2 Å². The first-order valence-corrected chi connectivity index (χ1v) is 14.6. The van der Waals surface area contributed by atoms with Crippen molar-refractivity contribution < 1.29 is 33.8 Å². The third-order valence-corrected chi connectivity index (χ3v) is 8.44. The van der Waals surface area contributed by atoms with Crippen molar-refractivity contribution in [3.63, 3.8) is 0 Å². The molecule has 11 heteroatoms. The number of carboxylic acids is 1. The molecule has 2 aliphatic rings. The minimum atomic E-state index is -1.11. The second-order valence-corrected chi connectivity index (χ2v) is 11.1. The van der Waals surface area contributed by atoms with Crippen LogP contribution in [0.2, 0.25) is 0 Å². The van der Waals surface area contributed by atoms with Gasteiger partial charge in [0.25, 0.3) is 0 Å². The number of amides is 3. The van der Waals surface area contributed by atoms with Gasteiger partial charge in [0.15, 0.2) is 0 Å². The van der Waals surface area contributed by atoms with Crippen molar-refractivity contribution in [3.05, 3.63) is 29.8 Å². The summed E-state index contributed by atoms with van der Waals surface area (Å²) in [6, 6.07) is 6.41. The van der Waals surface area contributed by atoms with Gasteiger partial charge in [-0.2, -0.15) is 0 Å². The van der Waals surface area contributed by atoms with E-state index in [0.717, 1.165) is 31.2 Å². The first kappa shape index (κ1) is 32.0. The topological polar surface area (TPSA) is 159 Å². The molecule has 1 heterocycles. The Morgan fingerprint density at radius 3 is 2.54 bits per heavy atom. The van der Waals surface area contributed by atoms with Gasteiger partial charge in [-0.05, 0) is 70.0 Å². The van der Waals surface area contributed by atoms with Gasteiger partial charge in [-0.3, -0.25) is 28.9 Å². The van der Waals surface area contributed by atoms with Crippen LogP contribution >= 0.6 is 0 Å². The molecule has 1 fully saturated rings. The van der Waals surface area contributed by atoms with Crippen LogP contribution in [0.15, 0.2) is 24.3 Å². The van der Waals surface area contributed by atoms with E-state index in [2.05, 4.69) is 5.32 Å². The summed E-state index contributed by atoms with van der Waals surface area (Å²) in [5.41, 5.74) is 6.06. The van der Waals surface area contributed by atoms with E-state index >= 15 is 0 Å². The predicted octanol–water partition coefficient (Wildman–Crippen LogP) is 2.25. The first-order chi connectivity index (χ1) is 19.7. The summed E-state index contributed by atoms with van der Waals surface area (Å²) in [7, 11) is 1.25. The fraction of sp³-hybridized carbons (Fsp3) is 0.633. The number of nitrogens with two attached hydrogens (primary N) is 1. The molecule has 0 radical (unpaired) electrons. The predicted molar refractivity (Wildman–Crippen MR) is 153 cm³/mol. The molecule has 4 N–H and O–H groups in total. The number of benzene rings is 1. The molecule has 3 rings (SSSR count). The van der Waals surface area contributed by atoms with Crippen LogP contribution < -0.4 is 16.0 Å². The summed E-state index contributed by atoms with van der Waals surface area (Å²) in [5, 5.41) is 13.0. The Labute approximate surface area is 241 Å². The molecule has 1 aromatic rings. The molecule has 11 nitrogen and oxygen atoms in total. The standard InChI is InChI=1S/C30H44N4O7/c1-3-33(17-9-8-16-31)25(35)18-22(28(38)39)19-30(14-6-7-15-30)29(40)32-23-13-12-21-10-4-5-11-24(21)34(27(23)37)20-26(36)41-2/h4-5,10-11,22-23H,3,6-9,12-20,31H2,1-2H3,(H,32,40)(H,38,39). The van der Waals surface area contributed by atoms with E-state index in [1.54, 1.807) is 17.0 Å². The number of aryl methyl sites for hydroxylation is 1. The van der Waals surface area contributed by atoms with E-state index in [1.165, 1.54) is 12.0 Å². The highest BCUT2D eigenvalue weighted by atomic mass is 16.5. The number of esters is 1. The number of fused-ring (bicyclic) bond motifs is 1. The number of anilines is 1. The number of carboxylic acid groups (broad SMARTS) is 1. The molecule has 0 saturated heterocycles. The minimum absolute atomic E-state index is 0.0211. The molecule has 1 aromatic carbocycles. The van der Waals surface area contributed by atoms with E-state index in [4.69, 9.17) is 10.5 Å². The number of ether oxygens (including phenoxy) is 1. The van der Waals surface area contributed by atoms with Gasteiger partial charge in [-0.1, -0.05) is 31.0 Å². The number of nitrogens with zero attached hydrogens (tertiary/aromatic N) is 2. The second kappa shape index (κ2) is 15.0. The van der Waals surface area contributed by atoms with Crippen molar-refractivity contribution in [3.8, 4) is 0 Å². The summed E-state index contributed by atoms with van der Waals surface area (Å²) in [6.07, 6.45) is 4.68. The number of nitrogens with one attached hydrogen (secondary N) is 1. The normalized spacial score (nSPS) is 18.7. The smallest absolute Gasteiger partial charge is 0.325 e. The monoisotopic (exact) mass is 572 g/mol. The largest absolute Gasteiger partial charge is 0.481 e. The summed E-state index contributed by atoms with van der Waals surface area (Å²) < 4.78 is 4.81. The molecule has 41 heavy (non-hydrogen) atoms.